The van der Waals surface area contributed by atoms with E-state index in [4.69, 9.17) is 5.11 Å². The van der Waals surface area contributed by atoms with Gasteiger partial charge in [0.1, 0.15) is 5.01 Å². The van der Waals surface area contributed by atoms with E-state index in [1.165, 1.54) is 11.3 Å². The summed E-state index contributed by atoms with van der Waals surface area (Å²) in [6, 6.07) is -0.285. The Bertz CT molecular complexity index is 510. The zero-order valence-electron chi connectivity index (χ0n) is 12.3. The Morgan fingerprint density at radius 2 is 2.19 bits per heavy atom. The minimum atomic E-state index is -0.806. The number of hydrogen-bond acceptors (Lipinski definition) is 4. The van der Waals surface area contributed by atoms with E-state index in [9.17, 15) is 9.59 Å². The van der Waals surface area contributed by atoms with E-state index in [1.807, 2.05) is 19.2 Å². The van der Waals surface area contributed by atoms with E-state index in [-0.39, 0.29) is 17.9 Å². The number of nitrogens with one attached hydrogen (secondary N) is 2. The number of aromatic nitrogens is 1. The fourth-order valence-corrected chi connectivity index (χ4v) is 3.31. The predicted molar refractivity (Wildman–Crippen MR) is 80.2 cm³/mol. The first-order chi connectivity index (χ1) is 9.83. The van der Waals surface area contributed by atoms with Crippen molar-refractivity contribution in [3.63, 3.8) is 0 Å². The third-order valence-corrected chi connectivity index (χ3v) is 5.05. The van der Waals surface area contributed by atoms with Crippen molar-refractivity contribution < 1.29 is 14.7 Å². The quantitative estimate of drug-likeness (QED) is 0.752. The van der Waals surface area contributed by atoms with Crippen LogP contribution in [0.25, 0.3) is 0 Å². The lowest BCUT2D eigenvalue weighted by molar-refractivity contribution is -0.141. The van der Waals surface area contributed by atoms with Crippen LogP contribution in [-0.4, -0.2) is 28.6 Å². The number of thiazole rings is 1. The number of rotatable bonds is 6. The average Bonchev–Trinajstić information content (AvgIpc) is 2.85. The first kappa shape index (κ1) is 15.8. The van der Waals surface area contributed by atoms with Gasteiger partial charge in [0.2, 0.25) is 0 Å². The molecule has 0 bridgehead atoms. The summed E-state index contributed by atoms with van der Waals surface area (Å²) in [5.41, 5.74) is -0.813. The van der Waals surface area contributed by atoms with Gasteiger partial charge in [0.25, 0.3) is 0 Å². The molecule has 2 rings (SSSR count). The lowest BCUT2D eigenvalue weighted by Crippen LogP contribution is -2.50. The highest BCUT2D eigenvalue weighted by molar-refractivity contribution is 7.09. The summed E-state index contributed by atoms with van der Waals surface area (Å²) in [5, 5.41) is 17.4. The van der Waals surface area contributed by atoms with E-state index in [0.717, 1.165) is 24.3 Å². The number of carbonyl (C=O) groups excluding carboxylic acids is 1. The molecule has 1 saturated carbocycles. The molecule has 1 aliphatic rings. The van der Waals surface area contributed by atoms with E-state index >= 15 is 0 Å². The van der Waals surface area contributed by atoms with Crippen molar-refractivity contribution in [2.24, 2.45) is 5.41 Å². The van der Waals surface area contributed by atoms with Crippen molar-refractivity contribution >= 4 is 23.3 Å². The third kappa shape index (κ3) is 3.93. The van der Waals surface area contributed by atoms with Gasteiger partial charge in [-0.15, -0.1) is 11.3 Å². The van der Waals surface area contributed by atoms with Crippen LogP contribution in [0.15, 0.2) is 11.6 Å². The Morgan fingerprint density at radius 1 is 1.48 bits per heavy atom. The molecule has 116 valence electrons. The van der Waals surface area contributed by atoms with Crippen LogP contribution < -0.4 is 10.6 Å². The van der Waals surface area contributed by atoms with Crippen molar-refractivity contribution in [1.82, 2.24) is 15.6 Å². The monoisotopic (exact) mass is 311 g/mol. The largest absolute Gasteiger partial charge is 0.481 e. The molecular formula is C14H21N3O3S. The summed E-state index contributed by atoms with van der Waals surface area (Å²) in [6.45, 7) is 4.18. The Hall–Kier alpha value is -1.63. The van der Waals surface area contributed by atoms with Crippen LogP contribution in [-0.2, 0) is 10.3 Å². The van der Waals surface area contributed by atoms with E-state index in [2.05, 4.69) is 15.6 Å². The highest BCUT2D eigenvalue weighted by Crippen LogP contribution is 2.43. The molecule has 1 aliphatic carbocycles. The van der Waals surface area contributed by atoms with Crippen molar-refractivity contribution in [3.05, 3.63) is 16.6 Å². The first-order valence-corrected chi connectivity index (χ1v) is 7.89. The lowest BCUT2D eigenvalue weighted by Gasteiger charge is -2.41. The van der Waals surface area contributed by atoms with Gasteiger partial charge in [-0.05, 0) is 32.1 Å². The number of carboxylic acids is 1. The summed E-state index contributed by atoms with van der Waals surface area (Å²) in [4.78, 5) is 27.1. The number of aliphatic carboxylic acids is 1. The Labute approximate surface area is 128 Å². The number of hydrogen-bond donors (Lipinski definition) is 3. The van der Waals surface area contributed by atoms with Gasteiger partial charge in [-0.2, -0.15) is 0 Å². The number of carbonyl (C=O) groups is 2. The van der Waals surface area contributed by atoms with Gasteiger partial charge >= 0.3 is 12.0 Å². The smallest absolute Gasteiger partial charge is 0.315 e. The zero-order valence-corrected chi connectivity index (χ0v) is 13.1. The second-order valence-corrected chi connectivity index (χ2v) is 7.09. The summed E-state index contributed by atoms with van der Waals surface area (Å²) in [6.07, 6.45) is 4.56. The molecule has 1 heterocycles. The maximum atomic E-state index is 12.0. The van der Waals surface area contributed by atoms with Gasteiger partial charge in [0.15, 0.2) is 0 Å². The molecule has 0 radical (unpaired) electrons. The molecule has 0 aliphatic heterocycles. The normalized spacial score (nSPS) is 16.9. The first-order valence-electron chi connectivity index (χ1n) is 7.01. The van der Waals surface area contributed by atoms with Crippen LogP contribution in [0.3, 0.4) is 0 Å². The maximum Gasteiger partial charge on any atom is 0.315 e. The number of carboxylic acid groups (broad SMARTS) is 1. The molecular weight excluding hydrogens is 290 g/mol. The maximum absolute atomic E-state index is 12.0. The van der Waals surface area contributed by atoms with Gasteiger partial charge in [0.05, 0.1) is 12.0 Å². The SMILES string of the molecule is CC(C)(NC(=O)NCC1(CC(=O)O)CCC1)c1nccs1. The van der Waals surface area contributed by atoms with Crippen LogP contribution in [0.4, 0.5) is 4.79 Å². The van der Waals surface area contributed by atoms with Gasteiger partial charge < -0.3 is 15.7 Å². The molecule has 0 unspecified atom stereocenters. The van der Waals surface area contributed by atoms with E-state index in [0.29, 0.717) is 6.54 Å². The zero-order chi connectivity index (χ0) is 15.5. The summed E-state index contributed by atoms with van der Waals surface area (Å²) in [5.74, 6) is -0.806. The van der Waals surface area contributed by atoms with Gasteiger partial charge in [-0.25, -0.2) is 9.78 Å². The summed E-state index contributed by atoms with van der Waals surface area (Å²) >= 11 is 1.49. The van der Waals surface area contributed by atoms with Crippen molar-refractivity contribution in [3.8, 4) is 0 Å². The number of amides is 2. The van der Waals surface area contributed by atoms with Crippen molar-refractivity contribution in [2.75, 3.05) is 6.54 Å². The van der Waals surface area contributed by atoms with Crippen LogP contribution in [0.1, 0.15) is 44.5 Å². The number of urea groups is 1. The molecule has 7 heteroatoms. The Balaban J connectivity index is 1.86. The second kappa shape index (κ2) is 6.01. The molecule has 1 aromatic heterocycles. The average molecular weight is 311 g/mol. The highest BCUT2D eigenvalue weighted by atomic mass is 32.1. The minimum absolute atomic E-state index is 0.114. The fourth-order valence-electron chi connectivity index (χ4n) is 2.60. The third-order valence-electron chi connectivity index (χ3n) is 3.96. The van der Waals surface area contributed by atoms with Crippen LogP contribution in [0, 0.1) is 5.41 Å². The molecule has 6 nitrogen and oxygen atoms in total. The van der Waals surface area contributed by atoms with Crippen LogP contribution in [0.5, 0.6) is 0 Å². The molecule has 1 fully saturated rings. The minimum Gasteiger partial charge on any atom is -0.481 e. The fraction of sp³-hybridized carbons (Fsp3) is 0.643. The highest BCUT2D eigenvalue weighted by Gasteiger charge is 2.39. The van der Waals surface area contributed by atoms with Crippen molar-refractivity contribution in [2.45, 2.75) is 45.1 Å². The Morgan fingerprint density at radius 3 is 2.67 bits per heavy atom. The standard InChI is InChI=1S/C14H21N3O3S/c1-13(2,11-15-6-7-21-11)17-12(20)16-9-14(4-3-5-14)8-10(18)19/h6-7H,3-5,8-9H2,1-2H3,(H,18,19)(H2,16,17,20). The molecule has 3 N–H and O–H groups in total. The lowest BCUT2D eigenvalue weighted by atomic mass is 9.66. The van der Waals surface area contributed by atoms with Gasteiger partial charge in [-0.3, -0.25) is 4.79 Å². The summed E-state index contributed by atoms with van der Waals surface area (Å²) in [7, 11) is 0. The molecule has 0 atom stereocenters. The molecule has 0 spiro atoms. The van der Waals surface area contributed by atoms with Gasteiger partial charge in [0, 0.05) is 18.1 Å². The number of nitrogens with zero attached hydrogens (tertiary/aromatic N) is 1. The van der Waals surface area contributed by atoms with Crippen LogP contribution >= 0.6 is 11.3 Å². The predicted octanol–water partition coefficient (Wildman–Crippen LogP) is 2.32. The summed E-state index contributed by atoms with van der Waals surface area (Å²) < 4.78 is 0. The Kier molecular flexibility index (Phi) is 4.51. The molecule has 21 heavy (non-hydrogen) atoms. The molecule has 0 saturated heterocycles. The van der Waals surface area contributed by atoms with E-state index < -0.39 is 11.5 Å². The topological polar surface area (TPSA) is 91.3 Å². The second-order valence-electron chi connectivity index (χ2n) is 6.19. The van der Waals surface area contributed by atoms with E-state index in [1.54, 1.807) is 6.20 Å². The molecule has 2 amide bonds. The van der Waals surface area contributed by atoms with Crippen LogP contribution in [0.2, 0.25) is 0 Å². The molecule has 1 aromatic rings. The molecule has 0 aromatic carbocycles. The van der Waals surface area contributed by atoms with Crippen molar-refractivity contribution in [1.29, 1.82) is 0 Å². The van der Waals surface area contributed by atoms with Gasteiger partial charge in [-0.1, -0.05) is 6.42 Å².